The number of carbonyl (C=O) groups is 1. The molecule has 0 amide bonds. The van der Waals surface area contributed by atoms with Crippen LogP contribution in [0.15, 0.2) is 91.0 Å². The second kappa shape index (κ2) is 11.7. The molecule has 5 nitrogen and oxygen atoms in total. The smallest absolute Gasteiger partial charge is 0.332 e. The molecule has 1 aliphatic carbocycles. The highest BCUT2D eigenvalue weighted by atomic mass is 28.4. The number of benzene rings is 3. The van der Waals surface area contributed by atoms with Crippen LogP contribution in [0.4, 0.5) is 0 Å². The highest BCUT2D eigenvalue weighted by molar-refractivity contribution is 6.99. The van der Waals surface area contributed by atoms with Crippen molar-refractivity contribution in [3.8, 4) is 0 Å². The van der Waals surface area contributed by atoms with Crippen LogP contribution in [0.25, 0.3) is 0 Å². The van der Waals surface area contributed by atoms with E-state index in [0.29, 0.717) is 26.2 Å². The third-order valence-electron chi connectivity index (χ3n) is 7.14. The Morgan fingerprint density at radius 3 is 1.95 bits per heavy atom. The molecular formula is C31H38O5Si. The molecule has 4 rings (SSSR count). The Bertz CT molecular complexity index is 1090. The Balaban J connectivity index is 1.59. The van der Waals surface area contributed by atoms with Gasteiger partial charge in [0.1, 0.15) is 12.2 Å². The molecule has 0 aromatic heterocycles. The van der Waals surface area contributed by atoms with Gasteiger partial charge >= 0.3 is 5.97 Å². The summed E-state index contributed by atoms with van der Waals surface area (Å²) in [6, 6.07) is 31.1. The molecule has 196 valence electrons. The first-order valence-corrected chi connectivity index (χ1v) is 14.8. The summed E-state index contributed by atoms with van der Waals surface area (Å²) in [5, 5.41) is 2.23. The lowest BCUT2D eigenvalue weighted by Gasteiger charge is -2.43. The summed E-state index contributed by atoms with van der Waals surface area (Å²) in [4.78, 5) is 12.6. The fourth-order valence-electron chi connectivity index (χ4n) is 5.16. The standard InChI is InChI=1S/C31H38O5Si/c1-30(2,3)37(27-16-10-6-11-17-27,28-18-12-7-13-19-28)35-24-31(36-29(32)23-33-4)20-26(31)22-34-21-25-14-8-5-9-15-25/h5-19,26H,20-24H2,1-4H3/t26-,31-/m1/s1. The Kier molecular flexibility index (Phi) is 8.65. The maximum Gasteiger partial charge on any atom is 0.332 e. The topological polar surface area (TPSA) is 54.0 Å². The van der Waals surface area contributed by atoms with E-state index in [1.807, 2.05) is 42.5 Å². The molecule has 2 atom stereocenters. The van der Waals surface area contributed by atoms with E-state index in [1.165, 1.54) is 17.5 Å². The zero-order valence-corrected chi connectivity index (χ0v) is 23.3. The van der Waals surface area contributed by atoms with Crippen LogP contribution >= 0.6 is 0 Å². The molecule has 1 saturated carbocycles. The monoisotopic (exact) mass is 518 g/mol. The summed E-state index contributed by atoms with van der Waals surface area (Å²) in [7, 11) is -1.27. The molecular weight excluding hydrogens is 480 g/mol. The van der Waals surface area contributed by atoms with Crippen molar-refractivity contribution in [2.24, 2.45) is 5.92 Å². The molecule has 0 unspecified atom stereocenters. The van der Waals surface area contributed by atoms with E-state index in [1.54, 1.807) is 0 Å². The summed E-state index contributed by atoms with van der Waals surface area (Å²) in [6.07, 6.45) is 0.704. The lowest BCUT2D eigenvalue weighted by Crippen LogP contribution is -2.67. The zero-order valence-electron chi connectivity index (χ0n) is 22.3. The molecule has 0 bridgehead atoms. The molecule has 3 aromatic carbocycles. The second-order valence-corrected chi connectivity index (χ2v) is 15.1. The summed E-state index contributed by atoms with van der Waals surface area (Å²) in [6.45, 7) is 7.99. The molecule has 3 aromatic rings. The van der Waals surface area contributed by atoms with Crippen LogP contribution in [-0.2, 0) is 30.0 Å². The van der Waals surface area contributed by atoms with Crippen molar-refractivity contribution in [2.75, 3.05) is 26.9 Å². The predicted molar refractivity (Wildman–Crippen MR) is 148 cm³/mol. The van der Waals surface area contributed by atoms with Crippen molar-refractivity contribution in [3.05, 3.63) is 96.6 Å². The van der Waals surface area contributed by atoms with E-state index in [0.717, 1.165) is 5.56 Å². The molecule has 0 aliphatic heterocycles. The molecule has 1 fully saturated rings. The highest BCUT2D eigenvalue weighted by Gasteiger charge is 2.61. The van der Waals surface area contributed by atoms with E-state index in [9.17, 15) is 4.79 Å². The zero-order chi connectivity index (χ0) is 26.4. The summed E-state index contributed by atoms with van der Waals surface area (Å²) >= 11 is 0. The molecule has 1 aliphatic rings. The number of esters is 1. The molecule has 0 N–H and O–H groups in total. The maximum atomic E-state index is 12.6. The number of rotatable bonds is 12. The van der Waals surface area contributed by atoms with Gasteiger partial charge < -0.3 is 18.6 Å². The fourth-order valence-corrected chi connectivity index (χ4v) is 9.78. The van der Waals surface area contributed by atoms with Gasteiger partial charge in [-0.1, -0.05) is 112 Å². The fraction of sp³-hybridized carbons (Fsp3) is 0.387. The van der Waals surface area contributed by atoms with Gasteiger partial charge in [-0.25, -0.2) is 4.79 Å². The Morgan fingerprint density at radius 2 is 1.43 bits per heavy atom. The van der Waals surface area contributed by atoms with Gasteiger partial charge in [0.25, 0.3) is 8.32 Å². The first-order valence-electron chi connectivity index (χ1n) is 12.9. The lowest BCUT2D eigenvalue weighted by molar-refractivity contribution is -0.159. The van der Waals surface area contributed by atoms with Crippen LogP contribution in [0, 0.1) is 5.92 Å². The SMILES string of the molecule is COCC(=O)O[C@@]1(CO[Si](c2ccccc2)(c2ccccc2)C(C)(C)C)C[C@@H]1COCc1ccccc1. The number of hydrogen-bond donors (Lipinski definition) is 0. The van der Waals surface area contributed by atoms with E-state index in [4.69, 9.17) is 18.6 Å². The van der Waals surface area contributed by atoms with Crippen molar-refractivity contribution >= 4 is 24.7 Å². The molecule has 0 heterocycles. The van der Waals surface area contributed by atoms with Crippen LogP contribution in [0.1, 0.15) is 32.8 Å². The quantitative estimate of drug-likeness (QED) is 0.256. The van der Waals surface area contributed by atoms with Crippen LogP contribution in [0.2, 0.25) is 5.04 Å². The maximum absolute atomic E-state index is 12.6. The van der Waals surface area contributed by atoms with Gasteiger partial charge in [0.15, 0.2) is 0 Å². The van der Waals surface area contributed by atoms with Crippen molar-refractivity contribution in [2.45, 2.75) is 44.4 Å². The normalized spacial score (nSPS) is 19.4. The van der Waals surface area contributed by atoms with E-state index in [-0.39, 0.29) is 23.5 Å². The second-order valence-electron chi connectivity index (χ2n) is 10.8. The van der Waals surface area contributed by atoms with E-state index in [2.05, 4.69) is 69.3 Å². The van der Waals surface area contributed by atoms with Crippen molar-refractivity contribution < 1.29 is 23.4 Å². The largest absolute Gasteiger partial charge is 0.455 e. The van der Waals surface area contributed by atoms with Crippen LogP contribution in [0.3, 0.4) is 0 Å². The first kappa shape index (κ1) is 27.3. The van der Waals surface area contributed by atoms with Crippen LogP contribution in [-0.4, -0.2) is 46.8 Å². The molecule has 0 radical (unpaired) electrons. The van der Waals surface area contributed by atoms with Gasteiger partial charge in [-0.15, -0.1) is 0 Å². The number of hydrogen-bond acceptors (Lipinski definition) is 5. The summed E-state index contributed by atoms with van der Waals surface area (Å²) in [5.41, 5.74) is 0.396. The van der Waals surface area contributed by atoms with Gasteiger partial charge in [-0.3, -0.25) is 0 Å². The average Bonchev–Trinajstić information content (AvgIpc) is 3.57. The number of ether oxygens (including phenoxy) is 3. The predicted octanol–water partition coefficient (Wildman–Crippen LogP) is 4.73. The molecule has 6 heteroatoms. The van der Waals surface area contributed by atoms with Crippen molar-refractivity contribution in [1.82, 2.24) is 0 Å². The molecule has 0 spiro atoms. The van der Waals surface area contributed by atoms with Crippen LogP contribution in [0.5, 0.6) is 0 Å². The third-order valence-corrected chi connectivity index (χ3v) is 12.1. The third kappa shape index (κ3) is 6.21. The molecule has 0 saturated heterocycles. The number of methoxy groups -OCH3 is 1. The minimum atomic E-state index is -2.77. The van der Waals surface area contributed by atoms with Gasteiger partial charge in [0, 0.05) is 13.0 Å². The number of carbonyl (C=O) groups excluding carboxylic acids is 1. The minimum absolute atomic E-state index is 0.0650. The highest BCUT2D eigenvalue weighted by Crippen LogP contribution is 2.49. The Labute approximate surface area is 221 Å². The van der Waals surface area contributed by atoms with Gasteiger partial charge in [-0.2, -0.15) is 0 Å². The molecule has 37 heavy (non-hydrogen) atoms. The van der Waals surface area contributed by atoms with Gasteiger partial charge in [0.2, 0.25) is 0 Å². The lowest BCUT2D eigenvalue weighted by atomic mass is 10.2. The van der Waals surface area contributed by atoms with E-state index < -0.39 is 13.9 Å². The van der Waals surface area contributed by atoms with Crippen molar-refractivity contribution in [3.63, 3.8) is 0 Å². The van der Waals surface area contributed by atoms with Crippen LogP contribution < -0.4 is 10.4 Å². The minimum Gasteiger partial charge on any atom is -0.455 e. The van der Waals surface area contributed by atoms with Crippen molar-refractivity contribution in [1.29, 1.82) is 0 Å². The Hall–Kier alpha value is -2.77. The summed E-state index contributed by atoms with van der Waals surface area (Å²) in [5.74, 6) is -0.311. The van der Waals surface area contributed by atoms with Gasteiger partial charge in [-0.05, 0) is 27.4 Å². The first-order chi connectivity index (χ1) is 17.8. The van der Waals surface area contributed by atoms with Gasteiger partial charge in [0.05, 0.1) is 19.8 Å². The average molecular weight is 519 g/mol. The van der Waals surface area contributed by atoms with E-state index >= 15 is 0 Å². The Morgan fingerprint density at radius 1 is 0.892 bits per heavy atom. The summed E-state index contributed by atoms with van der Waals surface area (Å²) < 4.78 is 24.3.